The molecular formula is C34H40ClFN6O5. The second-order valence-corrected chi connectivity index (χ2v) is 12.2. The first-order valence-electron chi connectivity index (χ1n) is 15.7. The van der Waals surface area contributed by atoms with Crippen molar-refractivity contribution < 1.29 is 28.2 Å². The molecule has 3 aromatic rings. The molecule has 1 aromatic heterocycles. The Morgan fingerprint density at radius 2 is 1.62 bits per heavy atom. The van der Waals surface area contributed by atoms with Crippen LogP contribution < -0.4 is 15.4 Å². The molecule has 2 aliphatic heterocycles. The molecule has 3 heterocycles. The zero-order chi connectivity index (χ0) is 32.1. The highest BCUT2D eigenvalue weighted by Gasteiger charge is 2.58. The molecule has 250 valence electrons. The number of rotatable bonds is 9. The number of hydrogen-bond donors (Lipinski definition) is 2. The Kier molecular flexibility index (Phi) is 10.9. The van der Waals surface area contributed by atoms with Gasteiger partial charge in [0.2, 0.25) is 5.91 Å². The Morgan fingerprint density at radius 1 is 0.915 bits per heavy atom. The lowest BCUT2D eigenvalue weighted by Gasteiger charge is -2.42. The molecule has 0 radical (unpaired) electrons. The Balaban J connectivity index is 0.00000433. The van der Waals surface area contributed by atoms with Crippen molar-refractivity contribution in [1.29, 1.82) is 0 Å². The number of halogens is 2. The molecule has 0 bridgehead atoms. The van der Waals surface area contributed by atoms with Gasteiger partial charge in [-0.15, -0.1) is 12.4 Å². The number of aromatic nitrogens is 1. The number of ether oxygens (including phenoxy) is 2. The van der Waals surface area contributed by atoms with E-state index in [0.717, 1.165) is 50.7 Å². The molecule has 3 aliphatic rings. The molecule has 6 rings (SSSR count). The van der Waals surface area contributed by atoms with Crippen LogP contribution in [-0.4, -0.2) is 89.9 Å². The highest BCUT2D eigenvalue weighted by molar-refractivity contribution is 6.11. The molecule has 2 N–H and O–H groups in total. The number of anilines is 2. The topological polar surface area (TPSA) is 116 Å². The maximum absolute atomic E-state index is 15.0. The first kappa shape index (κ1) is 34.1. The van der Waals surface area contributed by atoms with Crippen molar-refractivity contribution in [2.75, 3.05) is 56.9 Å². The summed E-state index contributed by atoms with van der Waals surface area (Å²) >= 11 is 0. The zero-order valence-corrected chi connectivity index (χ0v) is 27.1. The van der Waals surface area contributed by atoms with Gasteiger partial charge in [-0.05, 0) is 56.5 Å². The highest BCUT2D eigenvalue weighted by atomic mass is 35.5. The van der Waals surface area contributed by atoms with Crippen molar-refractivity contribution in [2.24, 2.45) is 5.41 Å². The summed E-state index contributed by atoms with van der Waals surface area (Å²) in [6.45, 7) is 5.70. The largest absolute Gasteiger partial charge is 0.460 e. The fourth-order valence-corrected chi connectivity index (χ4v) is 5.90. The molecule has 0 spiro atoms. The Hall–Kier alpha value is -4.26. The molecule has 3 amide bonds. The van der Waals surface area contributed by atoms with Crippen LogP contribution in [0.1, 0.15) is 31.2 Å². The van der Waals surface area contributed by atoms with Crippen molar-refractivity contribution in [2.45, 2.75) is 38.3 Å². The van der Waals surface area contributed by atoms with Crippen LogP contribution in [0.3, 0.4) is 0 Å². The molecule has 0 atom stereocenters. The van der Waals surface area contributed by atoms with E-state index in [-0.39, 0.29) is 36.5 Å². The molecule has 2 saturated heterocycles. The molecule has 1 aliphatic carbocycles. The van der Waals surface area contributed by atoms with Gasteiger partial charge < -0.3 is 24.6 Å². The average Bonchev–Trinajstić information content (AvgIpc) is 3.89. The van der Waals surface area contributed by atoms with Crippen LogP contribution in [0.2, 0.25) is 0 Å². The van der Waals surface area contributed by atoms with E-state index in [2.05, 4.69) is 32.5 Å². The summed E-state index contributed by atoms with van der Waals surface area (Å²) in [5.74, 6) is -1.08. The number of piperazine rings is 1. The molecule has 13 heteroatoms. The lowest BCUT2D eigenvalue weighted by atomic mass is 10.0. The van der Waals surface area contributed by atoms with Gasteiger partial charge in [0.05, 0.1) is 5.69 Å². The standard InChI is InChI=1S/C34H39FN6O5.ClH/c1-39-17-19-40(20-18-39)25-10-15-41(16-11-25)33(44)38-30-22-27(9-14-36-30)46-26-7-8-29(28(35)21-26)37-31(42)34(12-13-34)32(43)45-23-24-5-3-2-4-6-24;/h2-9,14,21-22,25H,10-13,15-20,23H2,1H3,(H,37,42)(H,36,38,44);1H. The van der Waals surface area contributed by atoms with E-state index in [1.807, 2.05) is 30.3 Å². The van der Waals surface area contributed by atoms with Gasteiger partial charge in [-0.2, -0.15) is 0 Å². The summed E-state index contributed by atoms with van der Waals surface area (Å²) in [5, 5.41) is 5.37. The number of amides is 3. The number of benzene rings is 2. The Labute approximate surface area is 279 Å². The maximum Gasteiger partial charge on any atom is 0.323 e. The van der Waals surface area contributed by atoms with Crippen LogP contribution in [0, 0.1) is 11.2 Å². The van der Waals surface area contributed by atoms with E-state index >= 15 is 4.39 Å². The van der Waals surface area contributed by atoms with Crippen molar-refractivity contribution in [3.05, 3.63) is 78.2 Å². The fourth-order valence-electron chi connectivity index (χ4n) is 5.90. The van der Waals surface area contributed by atoms with E-state index in [0.29, 0.717) is 43.5 Å². The van der Waals surface area contributed by atoms with Crippen LogP contribution in [0.5, 0.6) is 11.5 Å². The number of pyridine rings is 1. The summed E-state index contributed by atoms with van der Waals surface area (Å²) in [5.41, 5.74) is -0.567. The number of urea groups is 1. The first-order valence-corrected chi connectivity index (χ1v) is 15.7. The smallest absolute Gasteiger partial charge is 0.323 e. The number of piperidine rings is 1. The number of nitrogens with one attached hydrogen (secondary N) is 2. The van der Waals surface area contributed by atoms with E-state index in [1.165, 1.54) is 18.3 Å². The minimum Gasteiger partial charge on any atom is -0.460 e. The Morgan fingerprint density at radius 3 is 2.30 bits per heavy atom. The van der Waals surface area contributed by atoms with Gasteiger partial charge in [0.25, 0.3) is 0 Å². The number of esters is 1. The fraction of sp³-hybridized carbons (Fsp3) is 0.412. The monoisotopic (exact) mass is 666 g/mol. The van der Waals surface area contributed by atoms with Crippen LogP contribution in [-0.2, 0) is 20.9 Å². The minimum absolute atomic E-state index is 0. The quantitative estimate of drug-likeness (QED) is 0.238. The van der Waals surface area contributed by atoms with Gasteiger partial charge in [-0.3, -0.25) is 19.8 Å². The lowest BCUT2D eigenvalue weighted by molar-refractivity contribution is -0.154. The third-order valence-electron chi connectivity index (χ3n) is 8.98. The SMILES string of the molecule is CN1CCN(C2CCN(C(=O)Nc3cc(Oc4ccc(NC(=O)C5(C(=O)OCc6ccccc6)CC5)c(F)c4)ccn3)CC2)CC1.Cl. The summed E-state index contributed by atoms with van der Waals surface area (Å²) in [7, 11) is 2.15. The van der Waals surface area contributed by atoms with Gasteiger partial charge in [-0.25, -0.2) is 14.2 Å². The molecule has 47 heavy (non-hydrogen) atoms. The average molecular weight is 667 g/mol. The summed E-state index contributed by atoms with van der Waals surface area (Å²) in [6, 6.07) is 16.7. The number of hydrogen-bond acceptors (Lipinski definition) is 8. The van der Waals surface area contributed by atoms with Crippen LogP contribution in [0.4, 0.5) is 20.7 Å². The summed E-state index contributed by atoms with van der Waals surface area (Å²) in [4.78, 5) is 49.5. The predicted molar refractivity (Wildman–Crippen MR) is 177 cm³/mol. The van der Waals surface area contributed by atoms with Gasteiger partial charge in [0.1, 0.15) is 35.2 Å². The lowest BCUT2D eigenvalue weighted by Crippen LogP contribution is -2.53. The van der Waals surface area contributed by atoms with Crippen LogP contribution in [0.15, 0.2) is 66.9 Å². The molecule has 2 aromatic carbocycles. The highest BCUT2D eigenvalue weighted by Crippen LogP contribution is 2.48. The summed E-state index contributed by atoms with van der Waals surface area (Å²) < 4.78 is 26.2. The van der Waals surface area contributed by atoms with E-state index in [1.54, 1.807) is 17.0 Å². The number of nitrogens with zero attached hydrogens (tertiary/aromatic N) is 4. The minimum atomic E-state index is -1.31. The molecule has 11 nitrogen and oxygen atoms in total. The third-order valence-corrected chi connectivity index (χ3v) is 8.98. The van der Waals surface area contributed by atoms with Crippen molar-refractivity contribution in [3.8, 4) is 11.5 Å². The summed E-state index contributed by atoms with van der Waals surface area (Å²) in [6.07, 6.45) is 4.06. The number of likely N-dealkylation sites (tertiary alicyclic amines) is 1. The molecule has 0 unspecified atom stereocenters. The predicted octanol–water partition coefficient (Wildman–Crippen LogP) is 5.14. The van der Waals surface area contributed by atoms with Gasteiger partial charge in [0, 0.05) is 63.6 Å². The van der Waals surface area contributed by atoms with Gasteiger partial charge >= 0.3 is 12.0 Å². The van der Waals surface area contributed by atoms with Gasteiger partial charge in [-0.1, -0.05) is 30.3 Å². The van der Waals surface area contributed by atoms with Crippen molar-refractivity contribution in [3.63, 3.8) is 0 Å². The maximum atomic E-state index is 15.0. The molecule has 3 fully saturated rings. The van der Waals surface area contributed by atoms with Crippen molar-refractivity contribution in [1.82, 2.24) is 19.7 Å². The normalized spacial score (nSPS) is 18.0. The second kappa shape index (κ2) is 15.1. The first-order chi connectivity index (χ1) is 22.3. The number of likely N-dealkylation sites (N-methyl/N-ethyl adjacent to an activating group) is 1. The van der Waals surface area contributed by atoms with Crippen molar-refractivity contribution >= 4 is 41.8 Å². The van der Waals surface area contributed by atoms with Crippen LogP contribution in [0.25, 0.3) is 0 Å². The Bertz CT molecular complexity index is 1560. The van der Waals surface area contributed by atoms with Crippen LogP contribution >= 0.6 is 12.4 Å². The van der Waals surface area contributed by atoms with E-state index in [9.17, 15) is 14.4 Å². The third kappa shape index (κ3) is 8.37. The number of carbonyl (C=O) groups is 3. The zero-order valence-electron chi connectivity index (χ0n) is 26.3. The number of carbonyl (C=O) groups excluding carboxylic acids is 3. The van der Waals surface area contributed by atoms with E-state index < -0.39 is 23.1 Å². The molecule has 1 saturated carbocycles. The van der Waals surface area contributed by atoms with Gasteiger partial charge in [0.15, 0.2) is 0 Å². The second-order valence-electron chi connectivity index (χ2n) is 12.2. The molecular weight excluding hydrogens is 627 g/mol. The van der Waals surface area contributed by atoms with E-state index in [4.69, 9.17) is 9.47 Å².